The summed E-state index contributed by atoms with van der Waals surface area (Å²) >= 11 is 0. The van der Waals surface area contributed by atoms with Gasteiger partial charge in [0, 0.05) is 20.9 Å². The summed E-state index contributed by atoms with van der Waals surface area (Å²) in [5, 5.41) is 0. The Labute approximate surface area is 85.7 Å². The summed E-state index contributed by atoms with van der Waals surface area (Å²) in [5.74, 6) is 0. The Bertz CT molecular complexity index is 172. The third-order valence-corrected chi connectivity index (χ3v) is 5.38. The molecular weight excluding hydrogens is 238 g/mol. The van der Waals surface area contributed by atoms with Gasteiger partial charge in [0.25, 0.3) is 0 Å². The lowest BCUT2D eigenvalue weighted by Crippen LogP contribution is -2.29. The van der Waals surface area contributed by atoms with E-state index in [0.717, 1.165) is 0 Å². The Morgan fingerprint density at radius 1 is 0.733 bits per heavy atom. The molecule has 92 valence electrons. The Morgan fingerprint density at radius 3 is 1.20 bits per heavy atom. The number of halogens is 6. The molecule has 0 bridgehead atoms. The third-order valence-electron chi connectivity index (χ3n) is 2.17. The normalized spacial score (nSPS) is 14.4. The second-order valence-electron chi connectivity index (χ2n) is 4.39. The Balaban J connectivity index is 3.98. The minimum absolute atomic E-state index is 0.132. The molecule has 0 saturated heterocycles. The van der Waals surface area contributed by atoms with Gasteiger partial charge in [-0.25, -0.2) is 0 Å². The molecule has 0 saturated carbocycles. The summed E-state index contributed by atoms with van der Waals surface area (Å²) in [4.78, 5) is 0. The molecule has 15 heavy (non-hydrogen) atoms. The zero-order valence-corrected chi connectivity index (χ0v) is 9.60. The molecular formula is C8H14F6Si. The molecule has 0 atom stereocenters. The molecule has 7 heteroatoms. The van der Waals surface area contributed by atoms with Gasteiger partial charge in [-0.3, -0.25) is 0 Å². The lowest BCUT2D eigenvalue weighted by Gasteiger charge is -2.23. The van der Waals surface area contributed by atoms with Crippen molar-refractivity contribution in [3.05, 3.63) is 0 Å². The summed E-state index contributed by atoms with van der Waals surface area (Å²) < 4.78 is 71.2. The molecule has 0 N–H and O–H groups in total. The van der Waals surface area contributed by atoms with Crippen molar-refractivity contribution in [1.82, 2.24) is 0 Å². The van der Waals surface area contributed by atoms with Crippen LogP contribution >= 0.6 is 0 Å². The lowest BCUT2D eigenvalue weighted by atomic mass is 10.5. The fourth-order valence-corrected chi connectivity index (χ4v) is 3.26. The average molecular weight is 252 g/mol. The van der Waals surface area contributed by atoms with E-state index in [-0.39, 0.29) is 12.1 Å². The average Bonchev–Trinajstić information content (AvgIpc) is 1.96. The van der Waals surface area contributed by atoms with Gasteiger partial charge in [0.1, 0.15) is 0 Å². The minimum atomic E-state index is -4.26. The monoisotopic (exact) mass is 252 g/mol. The van der Waals surface area contributed by atoms with E-state index in [2.05, 4.69) is 0 Å². The highest BCUT2D eigenvalue weighted by atomic mass is 28.3. The third kappa shape index (κ3) is 10.1. The van der Waals surface area contributed by atoms with E-state index in [9.17, 15) is 26.3 Å². The Kier molecular flexibility index (Phi) is 4.69. The van der Waals surface area contributed by atoms with E-state index in [1.165, 1.54) is 0 Å². The van der Waals surface area contributed by atoms with Crippen molar-refractivity contribution in [2.75, 3.05) is 0 Å². The summed E-state index contributed by atoms with van der Waals surface area (Å²) in [6, 6.07) is -0.265. The highest BCUT2D eigenvalue weighted by molar-refractivity contribution is 6.77. The van der Waals surface area contributed by atoms with Crippen LogP contribution in [0.2, 0.25) is 25.2 Å². The second-order valence-corrected chi connectivity index (χ2v) is 9.72. The molecule has 0 aliphatic heterocycles. The maximum absolute atomic E-state index is 11.9. The van der Waals surface area contributed by atoms with Crippen molar-refractivity contribution < 1.29 is 26.3 Å². The van der Waals surface area contributed by atoms with Crippen molar-refractivity contribution >= 4 is 8.07 Å². The Morgan fingerprint density at radius 2 is 1.00 bits per heavy atom. The molecule has 0 fully saturated rings. The molecule has 0 aliphatic carbocycles. The molecule has 0 aromatic rings. The Hall–Kier alpha value is -0.203. The lowest BCUT2D eigenvalue weighted by molar-refractivity contribution is -0.131. The van der Waals surface area contributed by atoms with E-state index in [1.807, 2.05) is 0 Å². The predicted molar refractivity (Wildman–Crippen MR) is 48.4 cm³/mol. The van der Waals surface area contributed by atoms with Crippen LogP contribution in [0.5, 0.6) is 0 Å². The maximum atomic E-state index is 11.9. The maximum Gasteiger partial charge on any atom is 0.388 e. The summed E-state index contributed by atoms with van der Waals surface area (Å²) in [6.45, 7) is 3.12. The molecule has 0 heterocycles. The largest absolute Gasteiger partial charge is 0.388 e. The van der Waals surface area contributed by atoms with E-state index in [0.29, 0.717) is 0 Å². The number of hydrogen-bond acceptors (Lipinski definition) is 0. The van der Waals surface area contributed by atoms with Gasteiger partial charge in [-0.2, -0.15) is 26.3 Å². The molecule has 0 unspecified atom stereocenters. The van der Waals surface area contributed by atoms with Gasteiger partial charge in [0.2, 0.25) is 0 Å². The number of alkyl halides is 6. The molecule has 0 radical (unpaired) electrons. The fraction of sp³-hybridized carbons (Fsp3) is 1.00. The van der Waals surface area contributed by atoms with Crippen molar-refractivity contribution in [2.24, 2.45) is 0 Å². The van der Waals surface area contributed by atoms with Crippen molar-refractivity contribution in [3.8, 4) is 0 Å². The first-order valence-electron chi connectivity index (χ1n) is 4.55. The summed E-state index contributed by atoms with van der Waals surface area (Å²) in [6.07, 6.45) is -10.5. The number of hydrogen-bond donors (Lipinski definition) is 0. The first-order chi connectivity index (χ1) is 6.41. The van der Waals surface area contributed by atoms with E-state index < -0.39 is 33.3 Å². The molecule has 0 aliphatic rings. The molecule has 0 aromatic heterocycles. The van der Waals surface area contributed by atoms with Gasteiger partial charge in [0.05, 0.1) is 0 Å². The van der Waals surface area contributed by atoms with Crippen LogP contribution in [0, 0.1) is 0 Å². The minimum Gasteiger partial charge on any atom is -0.171 e. The smallest absolute Gasteiger partial charge is 0.171 e. The standard InChI is InChI=1S/C8H14F6Si/c1-15(2,5-3-7(9,10)11)6-4-8(12,13)14/h3-6H2,1-2H3. The van der Waals surface area contributed by atoms with Crippen LogP contribution in [0.1, 0.15) is 12.8 Å². The summed E-state index contributed by atoms with van der Waals surface area (Å²) in [5.41, 5.74) is 0. The molecule has 0 aromatic carbocycles. The zero-order chi connectivity index (χ0) is 12.3. The fourth-order valence-electron chi connectivity index (χ4n) is 1.09. The first-order valence-corrected chi connectivity index (χ1v) is 7.96. The van der Waals surface area contributed by atoms with Gasteiger partial charge in [-0.15, -0.1) is 0 Å². The van der Waals surface area contributed by atoms with Gasteiger partial charge < -0.3 is 0 Å². The van der Waals surface area contributed by atoms with Gasteiger partial charge >= 0.3 is 12.4 Å². The van der Waals surface area contributed by atoms with Crippen LogP contribution in [-0.4, -0.2) is 20.4 Å². The van der Waals surface area contributed by atoms with Gasteiger partial charge in [-0.1, -0.05) is 13.1 Å². The van der Waals surface area contributed by atoms with Crippen LogP contribution in [0.15, 0.2) is 0 Å². The summed E-state index contributed by atoms with van der Waals surface area (Å²) in [7, 11) is -2.36. The molecule has 0 nitrogen and oxygen atoms in total. The van der Waals surface area contributed by atoms with Gasteiger partial charge in [-0.05, 0) is 12.1 Å². The van der Waals surface area contributed by atoms with Crippen LogP contribution in [-0.2, 0) is 0 Å². The van der Waals surface area contributed by atoms with Gasteiger partial charge in [0.15, 0.2) is 0 Å². The SMILES string of the molecule is C[Si](C)(CCC(F)(F)F)CCC(F)(F)F. The first kappa shape index (κ1) is 14.8. The zero-order valence-electron chi connectivity index (χ0n) is 8.60. The molecule has 0 spiro atoms. The van der Waals surface area contributed by atoms with Crippen LogP contribution in [0.3, 0.4) is 0 Å². The van der Waals surface area contributed by atoms with E-state index >= 15 is 0 Å². The highest BCUT2D eigenvalue weighted by Gasteiger charge is 2.35. The van der Waals surface area contributed by atoms with Crippen molar-refractivity contribution in [3.63, 3.8) is 0 Å². The van der Waals surface area contributed by atoms with E-state index in [1.54, 1.807) is 13.1 Å². The molecule has 0 amide bonds. The van der Waals surface area contributed by atoms with Crippen LogP contribution < -0.4 is 0 Å². The topological polar surface area (TPSA) is 0 Å². The molecule has 0 rings (SSSR count). The number of rotatable bonds is 4. The van der Waals surface area contributed by atoms with Crippen molar-refractivity contribution in [1.29, 1.82) is 0 Å². The highest BCUT2D eigenvalue weighted by Crippen LogP contribution is 2.32. The van der Waals surface area contributed by atoms with Crippen LogP contribution in [0.4, 0.5) is 26.3 Å². The second kappa shape index (κ2) is 4.76. The van der Waals surface area contributed by atoms with E-state index in [4.69, 9.17) is 0 Å². The van der Waals surface area contributed by atoms with Crippen LogP contribution in [0.25, 0.3) is 0 Å². The quantitative estimate of drug-likeness (QED) is 0.506. The van der Waals surface area contributed by atoms with Crippen molar-refractivity contribution in [2.45, 2.75) is 50.4 Å². The predicted octanol–water partition coefficient (Wildman–Crippen LogP) is 4.60.